The van der Waals surface area contributed by atoms with Crippen molar-refractivity contribution in [2.75, 3.05) is 20.2 Å². The van der Waals surface area contributed by atoms with E-state index in [9.17, 15) is 0 Å². The minimum atomic E-state index is 0.527. The quantitative estimate of drug-likeness (QED) is 0.685. The van der Waals surface area contributed by atoms with Crippen molar-refractivity contribution in [1.82, 2.24) is 5.32 Å². The summed E-state index contributed by atoms with van der Waals surface area (Å²) in [5, 5.41) is 3.52. The first-order valence-corrected chi connectivity index (χ1v) is 6.47. The molecule has 0 spiro atoms. The highest BCUT2D eigenvalue weighted by atomic mass is 16.5. The highest BCUT2D eigenvalue weighted by Gasteiger charge is 2.23. The van der Waals surface area contributed by atoms with Crippen molar-refractivity contribution in [3.63, 3.8) is 0 Å². The first kappa shape index (κ1) is 13.0. The molecular weight excluding hydrogens is 186 g/mol. The fraction of sp³-hybridized carbons (Fsp3) is 1.00. The van der Waals surface area contributed by atoms with Gasteiger partial charge < -0.3 is 10.1 Å². The van der Waals surface area contributed by atoms with Crippen LogP contribution in [0.1, 0.15) is 46.0 Å². The monoisotopic (exact) mass is 213 g/mol. The van der Waals surface area contributed by atoms with Crippen molar-refractivity contribution >= 4 is 0 Å². The average Bonchev–Trinajstić information content (AvgIpc) is 2.24. The summed E-state index contributed by atoms with van der Waals surface area (Å²) in [6.45, 7) is 6.81. The van der Waals surface area contributed by atoms with Crippen LogP contribution in [0.4, 0.5) is 0 Å². The van der Waals surface area contributed by atoms with Crippen LogP contribution in [0.15, 0.2) is 0 Å². The normalized spacial score (nSPS) is 27.2. The number of hydrogen-bond acceptors (Lipinski definition) is 2. The van der Waals surface area contributed by atoms with Crippen LogP contribution < -0.4 is 5.32 Å². The van der Waals surface area contributed by atoms with Crippen LogP contribution in [0, 0.1) is 11.8 Å². The molecule has 1 saturated carbocycles. The molecule has 0 bridgehead atoms. The van der Waals surface area contributed by atoms with Gasteiger partial charge in [0.1, 0.15) is 0 Å². The van der Waals surface area contributed by atoms with Crippen molar-refractivity contribution in [3.05, 3.63) is 0 Å². The van der Waals surface area contributed by atoms with Gasteiger partial charge in [0.15, 0.2) is 0 Å². The molecule has 15 heavy (non-hydrogen) atoms. The van der Waals surface area contributed by atoms with Gasteiger partial charge in [0.2, 0.25) is 0 Å². The smallest absolute Gasteiger partial charge is 0.0600 e. The van der Waals surface area contributed by atoms with Gasteiger partial charge in [-0.2, -0.15) is 0 Å². The van der Waals surface area contributed by atoms with Crippen LogP contribution in [-0.2, 0) is 4.74 Å². The molecule has 2 atom stereocenters. The summed E-state index contributed by atoms with van der Waals surface area (Å²) in [7, 11) is 1.87. The minimum absolute atomic E-state index is 0.527. The lowest BCUT2D eigenvalue weighted by Gasteiger charge is -2.30. The third kappa shape index (κ3) is 4.98. The first-order valence-electron chi connectivity index (χ1n) is 6.47. The van der Waals surface area contributed by atoms with E-state index in [1.807, 2.05) is 7.11 Å². The van der Waals surface area contributed by atoms with Gasteiger partial charge in [-0.05, 0) is 44.2 Å². The fourth-order valence-corrected chi connectivity index (χ4v) is 2.49. The molecule has 0 aromatic heterocycles. The molecule has 0 heterocycles. The van der Waals surface area contributed by atoms with E-state index in [1.165, 1.54) is 32.1 Å². The lowest BCUT2D eigenvalue weighted by atomic mass is 9.84. The predicted octanol–water partition coefficient (Wildman–Crippen LogP) is 2.83. The molecule has 1 N–H and O–H groups in total. The van der Waals surface area contributed by atoms with Gasteiger partial charge in [0.25, 0.3) is 0 Å². The summed E-state index contributed by atoms with van der Waals surface area (Å²) in [4.78, 5) is 0. The van der Waals surface area contributed by atoms with E-state index in [1.54, 1.807) is 0 Å². The zero-order chi connectivity index (χ0) is 11.1. The summed E-state index contributed by atoms with van der Waals surface area (Å²) in [6, 6.07) is 0. The molecule has 2 heteroatoms. The maximum absolute atomic E-state index is 5.55. The Kier molecular flexibility index (Phi) is 6.26. The maximum Gasteiger partial charge on any atom is 0.0600 e. The number of methoxy groups -OCH3 is 1. The van der Waals surface area contributed by atoms with Crippen LogP contribution in [0.3, 0.4) is 0 Å². The number of nitrogens with one attached hydrogen (secondary N) is 1. The molecule has 0 saturated heterocycles. The lowest BCUT2D eigenvalue weighted by Crippen LogP contribution is -2.30. The van der Waals surface area contributed by atoms with E-state index in [4.69, 9.17) is 4.74 Å². The Balaban J connectivity index is 2.12. The molecule has 0 unspecified atom stereocenters. The summed E-state index contributed by atoms with van der Waals surface area (Å²) in [5.41, 5.74) is 0. The predicted molar refractivity (Wildman–Crippen MR) is 65.1 cm³/mol. The van der Waals surface area contributed by atoms with E-state index in [0.29, 0.717) is 6.10 Å². The van der Waals surface area contributed by atoms with E-state index >= 15 is 0 Å². The largest absolute Gasteiger partial charge is 0.381 e. The van der Waals surface area contributed by atoms with Crippen molar-refractivity contribution in [2.45, 2.75) is 52.1 Å². The third-order valence-electron chi connectivity index (χ3n) is 3.39. The van der Waals surface area contributed by atoms with E-state index < -0.39 is 0 Å². The van der Waals surface area contributed by atoms with E-state index in [-0.39, 0.29) is 0 Å². The SMILES string of the molecule is CO[C@@H]1CCCC[C@H]1CCNCC(C)C. The molecule has 90 valence electrons. The molecular formula is C13H27NO. The number of hydrogen-bond donors (Lipinski definition) is 1. The van der Waals surface area contributed by atoms with Gasteiger partial charge in [-0.15, -0.1) is 0 Å². The molecule has 1 fully saturated rings. The van der Waals surface area contributed by atoms with E-state index in [2.05, 4.69) is 19.2 Å². The summed E-state index contributed by atoms with van der Waals surface area (Å²) < 4.78 is 5.55. The van der Waals surface area contributed by atoms with Crippen molar-refractivity contribution in [2.24, 2.45) is 11.8 Å². The Bertz CT molecular complexity index is 159. The van der Waals surface area contributed by atoms with Gasteiger partial charge in [-0.1, -0.05) is 26.7 Å². The van der Waals surface area contributed by atoms with Crippen LogP contribution >= 0.6 is 0 Å². The summed E-state index contributed by atoms with van der Waals surface area (Å²) in [5.74, 6) is 1.55. The van der Waals surface area contributed by atoms with Gasteiger partial charge in [-0.3, -0.25) is 0 Å². The molecule has 0 radical (unpaired) electrons. The molecule has 0 aromatic rings. The fourth-order valence-electron chi connectivity index (χ4n) is 2.49. The number of rotatable bonds is 6. The Hall–Kier alpha value is -0.0800. The molecule has 1 rings (SSSR count). The first-order chi connectivity index (χ1) is 7.24. The maximum atomic E-state index is 5.55. The second-order valence-electron chi connectivity index (χ2n) is 5.21. The Morgan fingerprint density at radius 1 is 1.27 bits per heavy atom. The van der Waals surface area contributed by atoms with Gasteiger partial charge in [0.05, 0.1) is 6.10 Å². The van der Waals surface area contributed by atoms with Crippen LogP contribution in [-0.4, -0.2) is 26.3 Å². The van der Waals surface area contributed by atoms with Crippen LogP contribution in [0.25, 0.3) is 0 Å². The van der Waals surface area contributed by atoms with Crippen molar-refractivity contribution in [1.29, 1.82) is 0 Å². The second kappa shape index (κ2) is 7.24. The average molecular weight is 213 g/mol. The van der Waals surface area contributed by atoms with E-state index in [0.717, 1.165) is 24.9 Å². The molecule has 2 nitrogen and oxygen atoms in total. The summed E-state index contributed by atoms with van der Waals surface area (Å²) >= 11 is 0. The molecule has 0 aliphatic heterocycles. The van der Waals surface area contributed by atoms with Crippen molar-refractivity contribution in [3.8, 4) is 0 Å². The Morgan fingerprint density at radius 3 is 2.67 bits per heavy atom. The lowest BCUT2D eigenvalue weighted by molar-refractivity contribution is 0.0205. The second-order valence-corrected chi connectivity index (χ2v) is 5.21. The topological polar surface area (TPSA) is 21.3 Å². The zero-order valence-electron chi connectivity index (χ0n) is 10.6. The summed E-state index contributed by atoms with van der Waals surface area (Å²) in [6.07, 6.45) is 7.20. The van der Waals surface area contributed by atoms with Gasteiger partial charge in [-0.25, -0.2) is 0 Å². The van der Waals surface area contributed by atoms with Crippen molar-refractivity contribution < 1.29 is 4.74 Å². The zero-order valence-corrected chi connectivity index (χ0v) is 10.6. The highest BCUT2D eigenvalue weighted by Crippen LogP contribution is 2.28. The number of ether oxygens (including phenoxy) is 1. The van der Waals surface area contributed by atoms with Gasteiger partial charge >= 0.3 is 0 Å². The highest BCUT2D eigenvalue weighted by molar-refractivity contribution is 4.76. The Morgan fingerprint density at radius 2 is 2.00 bits per heavy atom. The standard InChI is InChI=1S/C13H27NO/c1-11(2)10-14-9-8-12-6-4-5-7-13(12)15-3/h11-14H,4-10H2,1-3H3/t12-,13+/m0/s1. The molecule has 0 aromatic carbocycles. The van der Waals surface area contributed by atoms with Crippen LogP contribution in [0.5, 0.6) is 0 Å². The molecule has 0 amide bonds. The van der Waals surface area contributed by atoms with Crippen LogP contribution in [0.2, 0.25) is 0 Å². The third-order valence-corrected chi connectivity index (χ3v) is 3.39. The Labute approximate surface area is 94.8 Å². The molecule has 1 aliphatic carbocycles. The molecule has 1 aliphatic rings. The minimum Gasteiger partial charge on any atom is -0.381 e. The van der Waals surface area contributed by atoms with Gasteiger partial charge in [0, 0.05) is 7.11 Å².